The minimum absolute atomic E-state index is 0.294. The zero-order valence-electron chi connectivity index (χ0n) is 14.3. The fourth-order valence-electron chi connectivity index (χ4n) is 2.43. The van der Waals surface area contributed by atoms with E-state index in [1.165, 1.54) is 4.57 Å². The summed E-state index contributed by atoms with van der Waals surface area (Å²) < 4.78 is 23.4. The number of methoxy groups -OCH3 is 2. The number of hydrogen-bond acceptors (Lipinski definition) is 6. The summed E-state index contributed by atoms with van der Waals surface area (Å²) in [5, 5.41) is 3.87. The van der Waals surface area contributed by atoms with E-state index in [0.29, 0.717) is 41.8 Å². The minimum atomic E-state index is -0.547. The zero-order valence-corrected chi connectivity index (χ0v) is 15.9. The molecule has 7 nitrogen and oxygen atoms in total. The van der Waals surface area contributed by atoms with Gasteiger partial charge >= 0.3 is 5.76 Å². The van der Waals surface area contributed by atoms with Gasteiger partial charge in [0.2, 0.25) is 0 Å². The van der Waals surface area contributed by atoms with Gasteiger partial charge in [0.15, 0.2) is 17.3 Å². The van der Waals surface area contributed by atoms with Crippen molar-refractivity contribution >= 4 is 15.9 Å². The van der Waals surface area contributed by atoms with Crippen molar-refractivity contribution in [2.24, 2.45) is 0 Å². The van der Waals surface area contributed by atoms with Gasteiger partial charge in [-0.3, -0.25) is 9.09 Å². The standard InChI is InChI=1S/C18H17BrN2O5/c1-23-15-8-3-12(11-16(15)24-2)17-20-26-18(22)21(17)9-10-25-14-6-4-13(19)5-7-14/h3-8,11H,9-10H2,1-2H3. The van der Waals surface area contributed by atoms with Crippen LogP contribution in [0.1, 0.15) is 0 Å². The van der Waals surface area contributed by atoms with Crippen molar-refractivity contribution in [3.63, 3.8) is 0 Å². The molecule has 2 aromatic carbocycles. The number of halogens is 1. The average Bonchev–Trinajstić information content (AvgIpc) is 3.03. The first kappa shape index (κ1) is 18.1. The maximum Gasteiger partial charge on any atom is 0.441 e. The molecular weight excluding hydrogens is 404 g/mol. The maximum absolute atomic E-state index is 12.0. The monoisotopic (exact) mass is 420 g/mol. The second-order valence-corrected chi connectivity index (χ2v) is 6.21. The molecule has 26 heavy (non-hydrogen) atoms. The van der Waals surface area contributed by atoms with E-state index in [0.717, 1.165) is 4.47 Å². The van der Waals surface area contributed by atoms with Crippen LogP contribution < -0.4 is 20.0 Å². The predicted octanol–water partition coefficient (Wildman–Crippen LogP) is 3.36. The molecule has 0 saturated carbocycles. The molecule has 1 heterocycles. The van der Waals surface area contributed by atoms with E-state index < -0.39 is 5.76 Å². The third-order valence-electron chi connectivity index (χ3n) is 3.73. The van der Waals surface area contributed by atoms with Crippen LogP contribution in [-0.2, 0) is 6.54 Å². The molecule has 0 radical (unpaired) electrons. The Labute approximate surface area is 158 Å². The van der Waals surface area contributed by atoms with Crippen LogP contribution in [0, 0.1) is 0 Å². The molecule has 0 unspecified atom stereocenters. The molecule has 0 N–H and O–H groups in total. The van der Waals surface area contributed by atoms with Gasteiger partial charge in [-0.15, -0.1) is 0 Å². The van der Waals surface area contributed by atoms with Crippen LogP contribution in [0.3, 0.4) is 0 Å². The number of rotatable bonds is 7. The average molecular weight is 421 g/mol. The summed E-state index contributed by atoms with van der Waals surface area (Å²) in [6, 6.07) is 12.7. The second kappa shape index (κ2) is 8.09. The summed E-state index contributed by atoms with van der Waals surface area (Å²) in [6.07, 6.45) is 0. The highest BCUT2D eigenvalue weighted by atomic mass is 79.9. The van der Waals surface area contributed by atoms with Crippen LogP contribution >= 0.6 is 15.9 Å². The number of benzene rings is 2. The van der Waals surface area contributed by atoms with Crippen LogP contribution in [0.15, 0.2) is 56.3 Å². The van der Waals surface area contributed by atoms with Gasteiger partial charge in [-0.05, 0) is 42.5 Å². The van der Waals surface area contributed by atoms with Gasteiger partial charge in [-0.25, -0.2) is 4.79 Å². The molecule has 0 amide bonds. The highest BCUT2D eigenvalue weighted by molar-refractivity contribution is 9.10. The first-order valence-electron chi connectivity index (χ1n) is 7.79. The van der Waals surface area contributed by atoms with Gasteiger partial charge in [0.05, 0.1) is 20.8 Å². The zero-order chi connectivity index (χ0) is 18.5. The van der Waals surface area contributed by atoms with Crippen molar-refractivity contribution in [2.45, 2.75) is 6.54 Å². The molecular formula is C18H17BrN2O5. The van der Waals surface area contributed by atoms with Crippen LogP contribution in [0.4, 0.5) is 0 Å². The fourth-order valence-corrected chi connectivity index (χ4v) is 2.70. The summed E-state index contributed by atoms with van der Waals surface area (Å²) in [5.74, 6) is 1.69. The number of nitrogens with zero attached hydrogens (tertiary/aromatic N) is 2. The summed E-state index contributed by atoms with van der Waals surface area (Å²) >= 11 is 3.37. The summed E-state index contributed by atoms with van der Waals surface area (Å²) in [6.45, 7) is 0.588. The molecule has 0 aliphatic rings. The molecule has 0 aliphatic carbocycles. The van der Waals surface area contributed by atoms with Gasteiger partial charge in [0, 0.05) is 10.0 Å². The molecule has 8 heteroatoms. The Balaban J connectivity index is 1.78. The van der Waals surface area contributed by atoms with Crippen LogP contribution in [0.25, 0.3) is 11.4 Å². The first-order chi connectivity index (χ1) is 12.6. The highest BCUT2D eigenvalue weighted by Crippen LogP contribution is 2.31. The van der Waals surface area contributed by atoms with Gasteiger partial charge < -0.3 is 14.2 Å². The molecule has 0 bridgehead atoms. The Kier molecular flexibility index (Phi) is 5.62. The van der Waals surface area contributed by atoms with Crippen LogP contribution in [0.5, 0.6) is 17.2 Å². The lowest BCUT2D eigenvalue weighted by Crippen LogP contribution is -2.19. The van der Waals surface area contributed by atoms with E-state index in [-0.39, 0.29) is 0 Å². The Morgan fingerprint density at radius 3 is 2.50 bits per heavy atom. The third kappa shape index (κ3) is 3.91. The smallest absolute Gasteiger partial charge is 0.441 e. The lowest BCUT2D eigenvalue weighted by molar-refractivity contribution is 0.290. The molecule has 1 aromatic heterocycles. The Morgan fingerprint density at radius 2 is 1.81 bits per heavy atom. The normalized spacial score (nSPS) is 10.6. The van der Waals surface area contributed by atoms with E-state index in [1.54, 1.807) is 32.4 Å². The van der Waals surface area contributed by atoms with E-state index in [9.17, 15) is 4.79 Å². The number of hydrogen-bond donors (Lipinski definition) is 0. The fraction of sp³-hybridized carbons (Fsp3) is 0.222. The lowest BCUT2D eigenvalue weighted by atomic mass is 10.2. The molecule has 0 spiro atoms. The van der Waals surface area contributed by atoms with Crippen molar-refractivity contribution in [3.8, 4) is 28.6 Å². The van der Waals surface area contributed by atoms with E-state index in [2.05, 4.69) is 21.1 Å². The minimum Gasteiger partial charge on any atom is -0.493 e. The largest absolute Gasteiger partial charge is 0.493 e. The highest BCUT2D eigenvalue weighted by Gasteiger charge is 2.15. The Morgan fingerprint density at radius 1 is 1.08 bits per heavy atom. The number of aromatic nitrogens is 2. The van der Waals surface area contributed by atoms with Crippen LogP contribution in [-0.4, -0.2) is 30.6 Å². The van der Waals surface area contributed by atoms with E-state index in [4.69, 9.17) is 18.7 Å². The maximum atomic E-state index is 12.0. The quantitative estimate of drug-likeness (QED) is 0.583. The number of ether oxygens (including phenoxy) is 3. The molecule has 0 saturated heterocycles. The molecule has 3 rings (SSSR count). The van der Waals surface area contributed by atoms with Gasteiger partial charge in [0.25, 0.3) is 0 Å². The Bertz CT molecular complexity index is 933. The summed E-state index contributed by atoms with van der Waals surface area (Å²) in [4.78, 5) is 12.0. The van der Waals surface area contributed by atoms with Crippen molar-refractivity contribution in [1.82, 2.24) is 9.72 Å². The summed E-state index contributed by atoms with van der Waals surface area (Å²) in [7, 11) is 3.10. The second-order valence-electron chi connectivity index (χ2n) is 5.30. The SMILES string of the molecule is COc1ccc(-c2noc(=O)n2CCOc2ccc(Br)cc2)cc1OC. The van der Waals surface area contributed by atoms with Gasteiger partial charge in [-0.2, -0.15) is 0 Å². The summed E-state index contributed by atoms with van der Waals surface area (Å²) in [5.41, 5.74) is 0.678. The molecule has 0 atom stereocenters. The van der Waals surface area contributed by atoms with E-state index in [1.807, 2.05) is 24.3 Å². The van der Waals surface area contributed by atoms with Crippen LogP contribution in [0.2, 0.25) is 0 Å². The lowest BCUT2D eigenvalue weighted by Gasteiger charge is -2.10. The topological polar surface area (TPSA) is 75.7 Å². The van der Waals surface area contributed by atoms with Gasteiger partial charge in [-0.1, -0.05) is 21.1 Å². The molecule has 136 valence electrons. The van der Waals surface area contributed by atoms with Crippen molar-refractivity contribution < 1.29 is 18.7 Å². The predicted molar refractivity (Wildman–Crippen MR) is 98.9 cm³/mol. The molecule has 0 fully saturated rings. The van der Waals surface area contributed by atoms with Crippen molar-refractivity contribution in [2.75, 3.05) is 20.8 Å². The first-order valence-corrected chi connectivity index (χ1v) is 8.59. The van der Waals surface area contributed by atoms with Gasteiger partial charge in [0.1, 0.15) is 12.4 Å². The molecule has 3 aromatic rings. The third-order valence-corrected chi connectivity index (χ3v) is 4.25. The Hall–Kier alpha value is -2.74. The van der Waals surface area contributed by atoms with Crippen molar-refractivity contribution in [3.05, 3.63) is 57.5 Å². The molecule has 0 aliphatic heterocycles. The van der Waals surface area contributed by atoms with E-state index >= 15 is 0 Å². The van der Waals surface area contributed by atoms with Crippen molar-refractivity contribution in [1.29, 1.82) is 0 Å².